The van der Waals surface area contributed by atoms with Crippen molar-refractivity contribution in [3.63, 3.8) is 0 Å². The second-order valence-electron chi connectivity index (χ2n) is 3.72. The first-order chi connectivity index (χ1) is 7.31. The minimum Gasteiger partial charge on any atom is -0.341 e. The van der Waals surface area contributed by atoms with Crippen molar-refractivity contribution in [2.75, 3.05) is 13.1 Å². The van der Waals surface area contributed by atoms with Crippen LogP contribution in [0.3, 0.4) is 0 Å². The molecule has 0 spiro atoms. The smallest absolute Gasteiger partial charge is 0.242 e. The summed E-state index contributed by atoms with van der Waals surface area (Å²) in [7, 11) is 0. The second kappa shape index (κ2) is 4.18. The van der Waals surface area contributed by atoms with Gasteiger partial charge in [0.05, 0.1) is 0 Å². The van der Waals surface area contributed by atoms with Crippen molar-refractivity contribution in [1.29, 1.82) is 5.26 Å². The molecule has 0 aliphatic carbocycles. The van der Waals surface area contributed by atoms with E-state index in [0.717, 1.165) is 25.9 Å². The van der Waals surface area contributed by atoms with Gasteiger partial charge < -0.3 is 9.47 Å². The molecule has 0 unspecified atom stereocenters. The third-order valence-electron chi connectivity index (χ3n) is 2.71. The SMILES string of the molecule is N#Cc1cccn1CC(=O)N1CCCC1. The van der Waals surface area contributed by atoms with Crippen molar-refractivity contribution in [3.8, 4) is 6.07 Å². The van der Waals surface area contributed by atoms with Gasteiger partial charge in [0.15, 0.2) is 0 Å². The summed E-state index contributed by atoms with van der Waals surface area (Å²) in [6, 6.07) is 5.57. The first-order valence-corrected chi connectivity index (χ1v) is 5.14. The van der Waals surface area contributed by atoms with Crippen LogP contribution in [-0.4, -0.2) is 28.5 Å². The van der Waals surface area contributed by atoms with E-state index in [1.807, 2.05) is 4.90 Å². The minimum absolute atomic E-state index is 0.111. The molecule has 78 valence electrons. The quantitative estimate of drug-likeness (QED) is 0.719. The molecule has 0 bridgehead atoms. The molecule has 2 rings (SSSR count). The van der Waals surface area contributed by atoms with Crippen LogP contribution in [0.15, 0.2) is 18.3 Å². The standard InChI is InChI=1S/C11H13N3O/c12-8-10-4-3-7-14(10)9-11(15)13-5-1-2-6-13/h3-4,7H,1-2,5-6,9H2. The van der Waals surface area contributed by atoms with Crippen LogP contribution in [0.1, 0.15) is 18.5 Å². The zero-order chi connectivity index (χ0) is 10.7. The van der Waals surface area contributed by atoms with Crippen LogP contribution < -0.4 is 0 Å². The minimum atomic E-state index is 0.111. The van der Waals surface area contributed by atoms with E-state index >= 15 is 0 Å². The first-order valence-electron chi connectivity index (χ1n) is 5.14. The molecular formula is C11H13N3O. The lowest BCUT2D eigenvalue weighted by molar-refractivity contribution is -0.130. The Balaban J connectivity index is 2.02. The molecule has 1 aliphatic rings. The molecule has 0 radical (unpaired) electrons. The van der Waals surface area contributed by atoms with E-state index in [2.05, 4.69) is 6.07 Å². The van der Waals surface area contributed by atoms with Gasteiger partial charge in [0.2, 0.25) is 5.91 Å². The largest absolute Gasteiger partial charge is 0.341 e. The van der Waals surface area contributed by atoms with Gasteiger partial charge in [-0.15, -0.1) is 0 Å². The Morgan fingerprint density at radius 3 is 2.87 bits per heavy atom. The fourth-order valence-electron chi connectivity index (χ4n) is 1.87. The topological polar surface area (TPSA) is 49.0 Å². The Labute approximate surface area is 88.7 Å². The Morgan fingerprint density at radius 1 is 1.47 bits per heavy atom. The summed E-state index contributed by atoms with van der Waals surface area (Å²) in [4.78, 5) is 13.6. The highest BCUT2D eigenvalue weighted by atomic mass is 16.2. The fourth-order valence-corrected chi connectivity index (χ4v) is 1.87. The number of rotatable bonds is 2. The number of nitrogens with zero attached hydrogens (tertiary/aromatic N) is 3. The van der Waals surface area contributed by atoms with Gasteiger partial charge in [0.1, 0.15) is 18.3 Å². The van der Waals surface area contributed by atoms with E-state index in [4.69, 9.17) is 5.26 Å². The van der Waals surface area contributed by atoms with Crippen LogP contribution in [0.4, 0.5) is 0 Å². The van der Waals surface area contributed by atoms with Crippen LogP contribution >= 0.6 is 0 Å². The van der Waals surface area contributed by atoms with E-state index in [0.29, 0.717) is 5.69 Å². The summed E-state index contributed by atoms with van der Waals surface area (Å²) in [5.41, 5.74) is 0.544. The molecule has 0 N–H and O–H groups in total. The number of nitriles is 1. The van der Waals surface area contributed by atoms with Crippen molar-refractivity contribution in [1.82, 2.24) is 9.47 Å². The van der Waals surface area contributed by atoms with Gasteiger partial charge in [-0.1, -0.05) is 0 Å². The normalized spacial score (nSPS) is 15.3. The summed E-state index contributed by atoms with van der Waals surface area (Å²) in [5.74, 6) is 0.111. The molecule has 0 atom stereocenters. The molecule has 15 heavy (non-hydrogen) atoms. The second-order valence-corrected chi connectivity index (χ2v) is 3.72. The fraction of sp³-hybridized carbons (Fsp3) is 0.455. The van der Waals surface area contributed by atoms with E-state index < -0.39 is 0 Å². The molecule has 1 aliphatic heterocycles. The third-order valence-corrected chi connectivity index (χ3v) is 2.71. The molecule has 4 heteroatoms. The molecule has 2 heterocycles. The van der Waals surface area contributed by atoms with Crippen molar-refractivity contribution < 1.29 is 4.79 Å². The summed E-state index contributed by atoms with van der Waals surface area (Å²) in [6.45, 7) is 2.01. The molecular weight excluding hydrogens is 190 g/mol. The monoisotopic (exact) mass is 203 g/mol. The number of amides is 1. The van der Waals surface area contributed by atoms with E-state index in [9.17, 15) is 4.79 Å². The molecule has 1 fully saturated rings. The molecule has 4 nitrogen and oxygen atoms in total. The maximum absolute atomic E-state index is 11.8. The molecule has 0 aromatic carbocycles. The van der Waals surface area contributed by atoms with Gasteiger partial charge in [-0.25, -0.2) is 0 Å². The average Bonchev–Trinajstić information content (AvgIpc) is 2.87. The van der Waals surface area contributed by atoms with Crippen LogP contribution in [-0.2, 0) is 11.3 Å². The van der Waals surface area contributed by atoms with E-state index in [1.165, 1.54) is 0 Å². The Bertz CT molecular complexity index is 396. The predicted molar refractivity (Wildman–Crippen MR) is 55.0 cm³/mol. The zero-order valence-electron chi connectivity index (χ0n) is 8.52. The number of hydrogen-bond donors (Lipinski definition) is 0. The van der Waals surface area contributed by atoms with Crippen LogP contribution in [0.2, 0.25) is 0 Å². The van der Waals surface area contributed by atoms with Crippen molar-refractivity contribution in [3.05, 3.63) is 24.0 Å². The molecule has 1 amide bonds. The van der Waals surface area contributed by atoms with Gasteiger partial charge in [-0.05, 0) is 25.0 Å². The number of hydrogen-bond acceptors (Lipinski definition) is 2. The molecule has 1 aromatic heterocycles. The predicted octanol–water partition coefficient (Wildman–Crippen LogP) is 0.982. The number of aromatic nitrogens is 1. The lowest BCUT2D eigenvalue weighted by Gasteiger charge is -2.15. The molecule has 1 saturated heterocycles. The summed E-state index contributed by atoms with van der Waals surface area (Å²) >= 11 is 0. The first kappa shape index (κ1) is 9.78. The molecule has 1 aromatic rings. The van der Waals surface area contributed by atoms with E-state index in [-0.39, 0.29) is 12.5 Å². The highest BCUT2D eigenvalue weighted by Gasteiger charge is 2.18. The number of carbonyl (C=O) groups excluding carboxylic acids is 1. The lowest BCUT2D eigenvalue weighted by Crippen LogP contribution is -2.31. The summed E-state index contributed by atoms with van der Waals surface area (Å²) < 4.78 is 1.70. The van der Waals surface area contributed by atoms with Crippen molar-refractivity contribution in [2.45, 2.75) is 19.4 Å². The van der Waals surface area contributed by atoms with Crippen molar-refractivity contribution in [2.24, 2.45) is 0 Å². The van der Waals surface area contributed by atoms with Gasteiger partial charge in [0.25, 0.3) is 0 Å². The number of likely N-dealkylation sites (tertiary alicyclic amines) is 1. The van der Waals surface area contributed by atoms with Gasteiger partial charge >= 0.3 is 0 Å². The van der Waals surface area contributed by atoms with Crippen LogP contribution in [0.5, 0.6) is 0 Å². The Morgan fingerprint density at radius 2 is 2.20 bits per heavy atom. The summed E-state index contributed by atoms with van der Waals surface area (Å²) in [6.07, 6.45) is 3.97. The van der Waals surface area contributed by atoms with Gasteiger partial charge in [-0.3, -0.25) is 4.79 Å². The highest BCUT2D eigenvalue weighted by molar-refractivity contribution is 5.76. The summed E-state index contributed by atoms with van der Waals surface area (Å²) in [5, 5.41) is 8.79. The molecule has 0 saturated carbocycles. The highest BCUT2D eigenvalue weighted by Crippen LogP contribution is 2.09. The third kappa shape index (κ3) is 2.01. The Kier molecular flexibility index (Phi) is 2.72. The maximum atomic E-state index is 11.8. The lowest BCUT2D eigenvalue weighted by atomic mass is 10.4. The number of carbonyl (C=O) groups is 1. The van der Waals surface area contributed by atoms with Crippen LogP contribution in [0.25, 0.3) is 0 Å². The van der Waals surface area contributed by atoms with Crippen LogP contribution in [0, 0.1) is 11.3 Å². The van der Waals surface area contributed by atoms with Crippen molar-refractivity contribution >= 4 is 5.91 Å². The average molecular weight is 203 g/mol. The zero-order valence-corrected chi connectivity index (χ0v) is 8.52. The Hall–Kier alpha value is -1.76. The van der Waals surface area contributed by atoms with Gasteiger partial charge in [0, 0.05) is 19.3 Å². The van der Waals surface area contributed by atoms with E-state index in [1.54, 1.807) is 22.9 Å². The van der Waals surface area contributed by atoms with Gasteiger partial charge in [-0.2, -0.15) is 5.26 Å². The maximum Gasteiger partial charge on any atom is 0.242 e.